The monoisotopic (exact) mass is 305 g/mol. The number of likely N-dealkylation sites (tertiary alicyclic amines) is 1. The smallest absolute Gasteiger partial charge is 0.410 e. The van der Waals surface area contributed by atoms with E-state index in [2.05, 4.69) is 0 Å². The summed E-state index contributed by atoms with van der Waals surface area (Å²) in [5, 5.41) is 9.90. The van der Waals surface area contributed by atoms with Gasteiger partial charge in [-0.25, -0.2) is 4.79 Å². The van der Waals surface area contributed by atoms with Crippen molar-refractivity contribution in [3.63, 3.8) is 0 Å². The Morgan fingerprint density at radius 1 is 1.36 bits per heavy atom. The molecule has 0 radical (unpaired) electrons. The molecule has 22 heavy (non-hydrogen) atoms. The van der Waals surface area contributed by atoms with Crippen molar-refractivity contribution < 1.29 is 24.2 Å². The fourth-order valence-electron chi connectivity index (χ4n) is 3.06. The van der Waals surface area contributed by atoms with Crippen molar-refractivity contribution in [2.24, 2.45) is 0 Å². The maximum atomic E-state index is 12.3. The second kappa shape index (κ2) is 6.36. The number of hydrogen-bond acceptors (Lipinski definition) is 5. The summed E-state index contributed by atoms with van der Waals surface area (Å²) in [6.07, 6.45) is -0.407. The van der Waals surface area contributed by atoms with Crippen LogP contribution >= 0.6 is 0 Å². The number of benzene rings is 1. The number of amides is 1. The van der Waals surface area contributed by atoms with Crippen LogP contribution in [0.3, 0.4) is 0 Å². The van der Waals surface area contributed by atoms with Crippen LogP contribution in [0, 0.1) is 0 Å². The van der Waals surface area contributed by atoms with Crippen molar-refractivity contribution in [2.75, 3.05) is 6.54 Å². The van der Waals surface area contributed by atoms with E-state index < -0.39 is 24.3 Å². The molecule has 0 bridgehead atoms. The summed E-state index contributed by atoms with van der Waals surface area (Å²) in [5.74, 6) is -0.415. The third-order valence-corrected chi connectivity index (χ3v) is 4.14. The predicted octanol–water partition coefficient (Wildman–Crippen LogP) is 1.46. The normalized spacial score (nSPS) is 27.8. The highest BCUT2D eigenvalue weighted by atomic mass is 16.6. The lowest BCUT2D eigenvalue weighted by molar-refractivity contribution is -0.143. The number of hydrogen-bond donors (Lipinski definition) is 1. The molecule has 0 spiro atoms. The van der Waals surface area contributed by atoms with Gasteiger partial charge in [-0.05, 0) is 18.4 Å². The number of ether oxygens (including phenoxy) is 2. The zero-order valence-electron chi connectivity index (χ0n) is 12.2. The molecule has 1 N–H and O–H groups in total. The van der Waals surface area contributed by atoms with Crippen LogP contribution < -0.4 is 0 Å². The van der Waals surface area contributed by atoms with Crippen LogP contribution in [0.5, 0.6) is 0 Å². The summed E-state index contributed by atoms with van der Waals surface area (Å²) in [5.41, 5.74) is 0.916. The third-order valence-electron chi connectivity index (χ3n) is 4.14. The van der Waals surface area contributed by atoms with Crippen molar-refractivity contribution in [1.29, 1.82) is 0 Å². The minimum Gasteiger partial charge on any atom is -0.457 e. The van der Waals surface area contributed by atoms with Crippen LogP contribution in [0.4, 0.5) is 4.79 Å². The maximum absolute atomic E-state index is 12.3. The van der Waals surface area contributed by atoms with Crippen LogP contribution in [0.15, 0.2) is 30.3 Å². The SMILES string of the molecule is O=C1C[C@H](O)[C@H]([C@@H]2CCCN2C(=O)OCc2ccccc2)O1. The summed E-state index contributed by atoms with van der Waals surface area (Å²) < 4.78 is 10.5. The molecule has 1 aromatic rings. The molecule has 0 unspecified atom stereocenters. The molecular weight excluding hydrogens is 286 g/mol. The van der Waals surface area contributed by atoms with E-state index in [4.69, 9.17) is 9.47 Å². The Labute approximate surface area is 128 Å². The molecule has 6 nitrogen and oxygen atoms in total. The average molecular weight is 305 g/mol. The van der Waals surface area contributed by atoms with E-state index in [0.29, 0.717) is 13.0 Å². The summed E-state index contributed by atoms with van der Waals surface area (Å²) in [6, 6.07) is 9.14. The van der Waals surface area contributed by atoms with Crippen LogP contribution in [0.25, 0.3) is 0 Å². The summed E-state index contributed by atoms with van der Waals surface area (Å²) in [7, 11) is 0. The Morgan fingerprint density at radius 3 is 2.82 bits per heavy atom. The minimum atomic E-state index is -0.847. The van der Waals surface area contributed by atoms with Gasteiger partial charge < -0.3 is 19.5 Å². The lowest BCUT2D eigenvalue weighted by Crippen LogP contribution is -2.46. The molecule has 3 rings (SSSR count). The van der Waals surface area contributed by atoms with Gasteiger partial charge in [0.2, 0.25) is 0 Å². The molecule has 2 aliphatic rings. The van der Waals surface area contributed by atoms with E-state index in [9.17, 15) is 14.7 Å². The number of nitrogens with zero attached hydrogens (tertiary/aromatic N) is 1. The molecular formula is C16H19NO5. The van der Waals surface area contributed by atoms with E-state index >= 15 is 0 Å². The maximum Gasteiger partial charge on any atom is 0.410 e. The van der Waals surface area contributed by atoms with Crippen molar-refractivity contribution in [3.05, 3.63) is 35.9 Å². The number of carbonyl (C=O) groups excluding carboxylic acids is 2. The zero-order chi connectivity index (χ0) is 15.5. The molecule has 2 fully saturated rings. The third kappa shape index (κ3) is 3.06. The van der Waals surface area contributed by atoms with Crippen LogP contribution in [0.2, 0.25) is 0 Å². The molecule has 2 saturated heterocycles. The van der Waals surface area contributed by atoms with Gasteiger partial charge in [-0.15, -0.1) is 0 Å². The highest BCUT2D eigenvalue weighted by Gasteiger charge is 2.45. The Bertz CT molecular complexity index is 547. The number of esters is 1. The number of carbonyl (C=O) groups is 2. The molecule has 3 atom stereocenters. The second-order valence-electron chi connectivity index (χ2n) is 5.67. The van der Waals surface area contributed by atoms with Crippen LogP contribution in [0.1, 0.15) is 24.8 Å². The van der Waals surface area contributed by atoms with E-state index in [0.717, 1.165) is 12.0 Å². The Morgan fingerprint density at radius 2 is 2.14 bits per heavy atom. The van der Waals surface area contributed by atoms with Gasteiger partial charge in [0.1, 0.15) is 18.8 Å². The average Bonchev–Trinajstić information content (AvgIpc) is 3.12. The van der Waals surface area contributed by atoms with Gasteiger partial charge in [0.25, 0.3) is 0 Å². The molecule has 0 aromatic heterocycles. The van der Waals surface area contributed by atoms with Crippen LogP contribution in [-0.4, -0.2) is 46.9 Å². The Kier molecular flexibility index (Phi) is 4.29. The van der Waals surface area contributed by atoms with E-state index in [1.165, 1.54) is 0 Å². The molecule has 2 aliphatic heterocycles. The largest absolute Gasteiger partial charge is 0.457 e. The molecule has 0 aliphatic carbocycles. The lowest BCUT2D eigenvalue weighted by atomic mass is 10.0. The fraction of sp³-hybridized carbons (Fsp3) is 0.500. The fourth-order valence-corrected chi connectivity index (χ4v) is 3.06. The first-order valence-electron chi connectivity index (χ1n) is 7.50. The number of aliphatic hydroxyl groups is 1. The van der Waals surface area contributed by atoms with Crippen molar-refractivity contribution in [2.45, 2.75) is 44.1 Å². The highest BCUT2D eigenvalue weighted by Crippen LogP contribution is 2.29. The number of rotatable bonds is 3. The standard InChI is InChI=1S/C16H19NO5/c18-13-9-14(19)22-15(13)12-7-4-8-17(12)16(20)21-10-11-5-2-1-3-6-11/h1-3,5-6,12-13,15,18H,4,7-10H2/t12-,13-,15-/m0/s1. The van der Waals surface area contributed by atoms with E-state index in [1.807, 2.05) is 30.3 Å². The van der Waals surface area contributed by atoms with Gasteiger partial charge in [0, 0.05) is 6.54 Å². The van der Waals surface area contributed by atoms with Gasteiger partial charge in [-0.2, -0.15) is 0 Å². The number of aliphatic hydroxyl groups excluding tert-OH is 1. The molecule has 1 aromatic carbocycles. The first-order valence-corrected chi connectivity index (χ1v) is 7.50. The highest BCUT2D eigenvalue weighted by molar-refractivity contribution is 5.73. The van der Waals surface area contributed by atoms with Crippen LogP contribution in [-0.2, 0) is 20.9 Å². The summed E-state index contributed by atoms with van der Waals surface area (Å²) in [6.45, 7) is 0.759. The van der Waals surface area contributed by atoms with E-state index in [1.54, 1.807) is 4.90 Å². The van der Waals surface area contributed by atoms with Crippen molar-refractivity contribution >= 4 is 12.1 Å². The van der Waals surface area contributed by atoms with Gasteiger partial charge in [-0.3, -0.25) is 4.79 Å². The first-order chi connectivity index (χ1) is 10.6. The molecule has 2 heterocycles. The molecule has 0 saturated carbocycles. The summed E-state index contributed by atoms with van der Waals surface area (Å²) >= 11 is 0. The zero-order valence-corrected chi connectivity index (χ0v) is 12.2. The van der Waals surface area contributed by atoms with Gasteiger partial charge >= 0.3 is 12.1 Å². The van der Waals surface area contributed by atoms with Gasteiger partial charge in [0.05, 0.1) is 12.5 Å². The first kappa shape index (κ1) is 14.8. The summed E-state index contributed by atoms with van der Waals surface area (Å²) in [4.78, 5) is 25.1. The van der Waals surface area contributed by atoms with Gasteiger partial charge in [-0.1, -0.05) is 30.3 Å². The quantitative estimate of drug-likeness (QED) is 0.856. The lowest BCUT2D eigenvalue weighted by Gasteiger charge is -2.29. The Balaban J connectivity index is 1.60. The predicted molar refractivity (Wildman–Crippen MR) is 76.9 cm³/mol. The second-order valence-corrected chi connectivity index (χ2v) is 5.67. The molecule has 118 valence electrons. The van der Waals surface area contributed by atoms with Crippen molar-refractivity contribution in [1.82, 2.24) is 4.90 Å². The van der Waals surface area contributed by atoms with E-state index in [-0.39, 0.29) is 19.1 Å². The minimum absolute atomic E-state index is 0.00588. The molecule has 1 amide bonds. The Hall–Kier alpha value is -2.08. The molecule has 6 heteroatoms. The van der Waals surface area contributed by atoms with Crippen molar-refractivity contribution in [3.8, 4) is 0 Å². The van der Waals surface area contributed by atoms with Gasteiger partial charge in [0.15, 0.2) is 0 Å². The topological polar surface area (TPSA) is 76.1 Å². The number of cyclic esters (lactones) is 1.